The first kappa shape index (κ1) is 21.5. The largest absolute Gasteiger partial charge is 0.368 e. The molecule has 0 radical (unpaired) electrons. The lowest BCUT2D eigenvalue weighted by Crippen LogP contribution is -2.29. The van der Waals surface area contributed by atoms with Crippen LogP contribution in [-0.2, 0) is 9.53 Å². The third-order valence-corrected chi connectivity index (χ3v) is 6.15. The van der Waals surface area contributed by atoms with Crippen LogP contribution in [0.15, 0.2) is 12.3 Å². The van der Waals surface area contributed by atoms with Crippen LogP contribution in [0, 0.1) is 5.92 Å². The van der Waals surface area contributed by atoms with E-state index >= 15 is 0 Å². The van der Waals surface area contributed by atoms with Crippen molar-refractivity contribution in [1.29, 1.82) is 0 Å². The number of hydrogen-bond donors (Lipinski definition) is 1. The summed E-state index contributed by atoms with van der Waals surface area (Å²) in [6, 6.07) is 0. The summed E-state index contributed by atoms with van der Waals surface area (Å²) in [5.74, 6) is 0.791. The Morgan fingerprint density at radius 2 is 1.31 bits per heavy atom. The molecule has 0 aliphatic heterocycles. The Hall–Kier alpha value is -0.830. The van der Waals surface area contributed by atoms with Gasteiger partial charge < -0.3 is 10.1 Å². The molecule has 0 atom stereocenters. The fourth-order valence-electron chi connectivity index (χ4n) is 4.46. The van der Waals surface area contributed by atoms with E-state index in [1.54, 1.807) is 0 Å². The molecule has 2 fully saturated rings. The number of hydrogen-bond acceptors (Lipinski definition) is 2. The zero-order valence-electron chi connectivity index (χ0n) is 16.9. The highest BCUT2D eigenvalue weighted by molar-refractivity contribution is 5.78. The van der Waals surface area contributed by atoms with E-state index in [9.17, 15) is 4.79 Å². The molecule has 0 saturated heterocycles. The number of nitrogens with one attached hydrogen (secondary N) is 1. The van der Waals surface area contributed by atoms with Crippen molar-refractivity contribution in [3.8, 4) is 0 Å². The first-order valence-electron chi connectivity index (χ1n) is 11.3. The van der Waals surface area contributed by atoms with Gasteiger partial charge in [-0.1, -0.05) is 90.0 Å². The van der Waals surface area contributed by atoms with Gasteiger partial charge in [-0.15, -0.1) is 0 Å². The van der Waals surface area contributed by atoms with Gasteiger partial charge in [0.1, 0.15) is 6.61 Å². The SMILES string of the molecule is C=C(CCC1CCCCCCCC1)NC(=O)COC1CCCCCCC1. The van der Waals surface area contributed by atoms with Crippen molar-refractivity contribution in [3.63, 3.8) is 0 Å². The van der Waals surface area contributed by atoms with E-state index in [1.807, 2.05) is 0 Å². The highest BCUT2D eigenvalue weighted by Gasteiger charge is 2.15. The molecule has 0 aromatic rings. The molecule has 2 saturated carbocycles. The van der Waals surface area contributed by atoms with Crippen molar-refractivity contribution >= 4 is 5.91 Å². The lowest BCUT2D eigenvalue weighted by Gasteiger charge is -2.20. The molecule has 0 spiro atoms. The van der Waals surface area contributed by atoms with E-state index in [-0.39, 0.29) is 18.6 Å². The highest BCUT2D eigenvalue weighted by atomic mass is 16.5. The normalized spacial score (nSPS) is 21.7. The average molecular weight is 364 g/mol. The molecule has 2 aliphatic rings. The Bertz CT molecular complexity index is 389. The number of carbonyl (C=O) groups is 1. The zero-order chi connectivity index (χ0) is 18.5. The molecular formula is C23H41NO2. The minimum absolute atomic E-state index is 0.0217. The van der Waals surface area contributed by atoms with Gasteiger partial charge in [-0.2, -0.15) is 0 Å². The van der Waals surface area contributed by atoms with Gasteiger partial charge in [0.15, 0.2) is 0 Å². The zero-order valence-corrected chi connectivity index (χ0v) is 16.9. The third-order valence-electron chi connectivity index (χ3n) is 6.15. The van der Waals surface area contributed by atoms with Gasteiger partial charge in [0.2, 0.25) is 5.91 Å². The lowest BCUT2D eigenvalue weighted by atomic mass is 9.92. The van der Waals surface area contributed by atoms with Crippen LogP contribution in [0.1, 0.15) is 109 Å². The van der Waals surface area contributed by atoms with Gasteiger partial charge >= 0.3 is 0 Å². The third kappa shape index (κ3) is 9.75. The van der Waals surface area contributed by atoms with Crippen molar-refractivity contribution in [2.75, 3.05) is 6.61 Å². The molecule has 1 N–H and O–H groups in total. The van der Waals surface area contributed by atoms with Gasteiger partial charge in [-0.25, -0.2) is 0 Å². The Kier molecular flexibility index (Phi) is 11.0. The van der Waals surface area contributed by atoms with Crippen LogP contribution in [0.4, 0.5) is 0 Å². The Labute approximate surface area is 161 Å². The number of ether oxygens (including phenoxy) is 1. The highest BCUT2D eigenvalue weighted by Crippen LogP contribution is 2.26. The van der Waals surface area contributed by atoms with Crippen molar-refractivity contribution in [3.05, 3.63) is 12.3 Å². The van der Waals surface area contributed by atoms with Gasteiger partial charge in [0.25, 0.3) is 0 Å². The molecule has 0 bridgehead atoms. The second kappa shape index (κ2) is 13.4. The number of allylic oxidation sites excluding steroid dienone is 1. The molecule has 0 unspecified atom stereocenters. The monoisotopic (exact) mass is 363 g/mol. The van der Waals surface area contributed by atoms with E-state index in [4.69, 9.17) is 4.74 Å². The number of rotatable bonds is 7. The summed E-state index contributed by atoms with van der Waals surface area (Å²) >= 11 is 0. The van der Waals surface area contributed by atoms with Crippen LogP contribution in [-0.4, -0.2) is 18.6 Å². The molecule has 0 aromatic heterocycles. The molecule has 3 nitrogen and oxygen atoms in total. The van der Waals surface area contributed by atoms with Crippen molar-refractivity contribution in [2.24, 2.45) is 5.92 Å². The lowest BCUT2D eigenvalue weighted by molar-refractivity contribution is -0.127. The molecule has 2 aliphatic carbocycles. The van der Waals surface area contributed by atoms with Gasteiger partial charge in [-0.3, -0.25) is 4.79 Å². The van der Waals surface area contributed by atoms with Gasteiger partial charge in [0.05, 0.1) is 6.10 Å². The summed E-state index contributed by atoms with van der Waals surface area (Å²) in [4.78, 5) is 12.2. The molecular weight excluding hydrogens is 322 g/mol. The van der Waals surface area contributed by atoms with E-state index in [0.717, 1.165) is 30.9 Å². The molecule has 3 heteroatoms. The summed E-state index contributed by atoms with van der Waals surface area (Å²) in [5, 5.41) is 2.97. The van der Waals surface area contributed by atoms with E-state index in [0.29, 0.717) is 0 Å². The molecule has 26 heavy (non-hydrogen) atoms. The summed E-state index contributed by atoms with van der Waals surface area (Å²) in [7, 11) is 0. The summed E-state index contributed by atoms with van der Waals surface area (Å²) < 4.78 is 5.87. The Morgan fingerprint density at radius 1 is 0.808 bits per heavy atom. The second-order valence-corrected chi connectivity index (χ2v) is 8.53. The molecule has 0 aromatic carbocycles. The van der Waals surface area contributed by atoms with Gasteiger partial charge in [0, 0.05) is 5.70 Å². The Morgan fingerprint density at radius 3 is 1.88 bits per heavy atom. The van der Waals surface area contributed by atoms with Crippen molar-refractivity contribution < 1.29 is 9.53 Å². The predicted molar refractivity (Wildman–Crippen MR) is 109 cm³/mol. The summed E-state index contributed by atoms with van der Waals surface area (Å²) in [5.41, 5.74) is 0.871. The molecule has 2 rings (SSSR count). The second-order valence-electron chi connectivity index (χ2n) is 8.53. The minimum atomic E-state index is -0.0217. The van der Waals surface area contributed by atoms with E-state index < -0.39 is 0 Å². The maximum Gasteiger partial charge on any atom is 0.250 e. The van der Waals surface area contributed by atoms with Crippen LogP contribution in [0.2, 0.25) is 0 Å². The van der Waals surface area contributed by atoms with Crippen LogP contribution in [0.3, 0.4) is 0 Å². The summed E-state index contributed by atoms with van der Waals surface area (Å²) in [6.45, 7) is 4.26. The maximum absolute atomic E-state index is 12.2. The first-order valence-corrected chi connectivity index (χ1v) is 11.3. The average Bonchev–Trinajstić information content (AvgIpc) is 2.73. The Balaban J connectivity index is 1.59. The fraction of sp³-hybridized carbons (Fsp3) is 0.870. The van der Waals surface area contributed by atoms with E-state index in [1.165, 1.54) is 89.9 Å². The summed E-state index contributed by atoms with van der Waals surface area (Å²) in [6.07, 6.45) is 22.1. The molecule has 1 amide bonds. The van der Waals surface area contributed by atoms with E-state index in [2.05, 4.69) is 11.9 Å². The van der Waals surface area contributed by atoms with Crippen LogP contribution in [0.5, 0.6) is 0 Å². The van der Waals surface area contributed by atoms with Crippen LogP contribution in [0.25, 0.3) is 0 Å². The molecule has 0 heterocycles. The van der Waals surface area contributed by atoms with Gasteiger partial charge in [-0.05, 0) is 31.6 Å². The minimum Gasteiger partial charge on any atom is -0.368 e. The van der Waals surface area contributed by atoms with Crippen molar-refractivity contribution in [2.45, 2.75) is 115 Å². The standard InChI is InChI=1S/C23H41NO2/c1-20(17-18-21-13-9-5-2-3-6-10-14-21)24-23(25)19-26-22-15-11-7-4-8-12-16-22/h21-22H,1-19H2,(H,24,25). The topological polar surface area (TPSA) is 38.3 Å². The molecule has 150 valence electrons. The predicted octanol–water partition coefficient (Wildman–Crippen LogP) is 6.28. The fourth-order valence-corrected chi connectivity index (χ4v) is 4.46. The number of carbonyl (C=O) groups excluding carboxylic acids is 1. The smallest absolute Gasteiger partial charge is 0.250 e. The quantitative estimate of drug-likeness (QED) is 0.578. The van der Waals surface area contributed by atoms with Crippen molar-refractivity contribution in [1.82, 2.24) is 5.32 Å². The van der Waals surface area contributed by atoms with Crippen LogP contribution < -0.4 is 5.32 Å². The first-order chi connectivity index (χ1) is 12.7. The van der Waals surface area contributed by atoms with Crippen LogP contribution >= 0.6 is 0 Å². The number of amides is 1. The maximum atomic E-state index is 12.2.